The van der Waals surface area contributed by atoms with Gasteiger partial charge in [0.2, 0.25) is 0 Å². The van der Waals surface area contributed by atoms with Gasteiger partial charge in [-0.05, 0) is 43.3 Å². The van der Waals surface area contributed by atoms with Crippen LogP contribution >= 0.6 is 0 Å². The average Bonchev–Trinajstić information content (AvgIpc) is 2.66. The lowest BCUT2D eigenvalue weighted by atomic mass is 10.2. The van der Waals surface area contributed by atoms with Gasteiger partial charge in [0.1, 0.15) is 17.8 Å². The van der Waals surface area contributed by atoms with Crippen LogP contribution in [0.1, 0.15) is 17.3 Å². The molecule has 7 nitrogen and oxygen atoms in total. The normalized spacial score (nSPS) is 11.2. The van der Waals surface area contributed by atoms with Crippen LogP contribution in [-0.4, -0.2) is 38.0 Å². The molecule has 0 spiro atoms. The van der Waals surface area contributed by atoms with Crippen LogP contribution in [-0.2, 0) is 14.3 Å². The van der Waals surface area contributed by atoms with E-state index in [-0.39, 0.29) is 6.61 Å². The fraction of sp³-hybridized carbons (Fsp3) is 0.211. The van der Waals surface area contributed by atoms with Crippen LogP contribution in [0.4, 0.5) is 5.69 Å². The van der Waals surface area contributed by atoms with E-state index in [1.165, 1.54) is 14.0 Å². The summed E-state index contributed by atoms with van der Waals surface area (Å²) >= 11 is 0. The summed E-state index contributed by atoms with van der Waals surface area (Å²) in [6, 6.07) is 13.1. The number of hydrogen-bond donors (Lipinski definition) is 1. The second kappa shape index (κ2) is 9.22. The topological polar surface area (TPSA) is 90.9 Å². The van der Waals surface area contributed by atoms with E-state index >= 15 is 0 Å². The van der Waals surface area contributed by atoms with Gasteiger partial charge in [0.05, 0.1) is 7.11 Å². The van der Waals surface area contributed by atoms with Gasteiger partial charge in [0.25, 0.3) is 5.91 Å². The van der Waals surface area contributed by atoms with Crippen molar-refractivity contribution in [3.05, 3.63) is 54.1 Å². The summed E-state index contributed by atoms with van der Waals surface area (Å²) in [5.74, 6) is -0.137. The van der Waals surface area contributed by atoms with Crippen LogP contribution in [0.25, 0.3) is 0 Å². The summed E-state index contributed by atoms with van der Waals surface area (Å²) in [5, 5.41) is 2.64. The van der Waals surface area contributed by atoms with Crippen LogP contribution in [0.2, 0.25) is 0 Å². The zero-order valence-corrected chi connectivity index (χ0v) is 14.4. The van der Waals surface area contributed by atoms with Gasteiger partial charge < -0.3 is 19.5 Å². The van der Waals surface area contributed by atoms with Crippen molar-refractivity contribution in [1.29, 1.82) is 0 Å². The molecule has 0 aromatic heterocycles. The first-order chi connectivity index (χ1) is 12.5. The first-order valence-corrected chi connectivity index (χ1v) is 7.84. The van der Waals surface area contributed by atoms with Crippen LogP contribution in [0.5, 0.6) is 11.5 Å². The number of rotatable bonds is 8. The Morgan fingerprint density at radius 2 is 1.85 bits per heavy atom. The molecule has 0 aliphatic heterocycles. The predicted octanol–water partition coefficient (Wildman–Crippen LogP) is 2.46. The van der Waals surface area contributed by atoms with Crippen LogP contribution < -0.4 is 14.8 Å². The van der Waals surface area contributed by atoms with Crippen molar-refractivity contribution in [3.8, 4) is 11.5 Å². The lowest BCUT2D eigenvalue weighted by Gasteiger charge is -2.14. The number of nitrogens with one attached hydrogen (secondary N) is 1. The van der Waals surface area contributed by atoms with Gasteiger partial charge in [-0.25, -0.2) is 4.79 Å². The van der Waals surface area contributed by atoms with Crippen LogP contribution in [0.15, 0.2) is 48.5 Å². The Morgan fingerprint density at radius 3 is 2.50 bits per heavy atom. The molecule has 136 valence electrons. The molecule has 26 heavy (non-hydrogen) atoms. The van der Waals surface area contributed by atoms with E-state index in [0.717, 1.165) is 0 Å². The molecule has 2 aromatic carbocycles. The van der Waals surface area contributed by atoms with Crippen molar-refractivity contribution >= 4 is 23.9 Å². The molecular weight excluding hydrogens is 338 g/mol. The highest BCUT2D eigenvalue weighted by atomic mass is 16.6. The van der Waals surface area contributed by atoms with Crippen LogP contribution in [0, 0.1) is 0 Å². The number of methoxy groups -OCH3 is 1. The Morgan fingerprint density at radius 1 is 1.12 bits per heavy atom. The SMILES string of the molecule is COc1cccc(NC(=O)[C@H](C)OC(=O)COc2ccc(C=O)cc2)c1. The second-order valence-electron chi connectivity index (χ2n) is 5.33. The third kappa shape index (κ3) is 5.62. The molecule has 0 aliphatic carbocycles. The van der Waals surface area contributed by atoms with Crippen LogP contribution in [0.3, 0.4) is 0 Å². The molecule has 0 saturated carbocycles. The number of carbonyl (C=O) groups excluding carboxylic acids is 3. The molecule has 0 heterocycles. The Bertz CT molecular complexity index is 772. The fourth-order valence-electron chi connectivity index (χ4n) is 2.01. The van der Waals surface area contributed by atoms with Crippen molar-refractivity contribution < 1.29 is 28.6 Å². The zero-order valence-electron chi connectivity index (χ0n) is 14.4. The van der Waals surface area contributed by atoms with E-state index in [2.05, 4.69) is 5.32 Å². The number of ether oxygens (including phenoxy) is 3. The maximum absolute atomic E-state index is 12.1. The highest BCUT2D eigenvalue weighted by molar-refractivity contribution is 5.95. The molecule has 0 bridgehead atoms. The third-order valence-electron chi connectivity index (χ3n) is 3.39. The maximum Gasteiger partial charge on any atom is 0.344 e. The molecule has 1 atom stereocenters. The molecule has 0 saturated heterocycles. The number of esters is 1. The van der Waals surface area contributed by atoms with Crippen molar-refractivity contribution in [2.75, 3.05) is 19.0 Å². The molecule has 0 fully saturated rings. The first kappa shape index (κ1) is 19.0. The summed E-state index contributed by atoms with van der Waals surface area (Å²) in [7, 11) is 1.53. The summed E-state index contributed by atoms with van der Waals surface area (Å²) in [6.45, 7) is 1.11. The molecule has 2 aromatic rings. The smallest absolute Gasteiger partial charge is 0.344 e. The van der Waals surface area contributed by atoms with E-state index in [4.69, 9.17) is 14.2 Å². The van der Waals surface area contributed by atoms with E-state index < -0.39 is 18.0 Å². The third-order valence-corrected chi connectivity index (χ3v) is 3.39. The Balaban J connectivity index is 1.81. The Hall–Kier alpha value is -3.35. The Labute approximate surface area is 150 Å². The minimum atomic E-state index is -0.991. The van der Waals surface area contributed by atoms with E-state index in [1.807, 2.05) is 0 Å². The molecule has 0 aliphatic rings. The van der Waals surface area contributed by atoms with Crippen molar-refractivity contribution in [2.24, 2.45) is 0 Å². The van der Waals surface area contributed by atoms with Gasteiger partial charge in [0.15, 0.2) is 12.7 Å². The molecule has 7 heteroatoms. The lowest BCUT2D eigenvalue weighted by Crippen LogP contribution is -2.31. The molecular formula is C19H19NO6. The molecule has 0 unspecified atom stereocenters. The summed E-state index contributed by atoms with van der Waals surface area (Å²) in [6.07, 6.45) is -0.282. The summed E-state index contributed by atoms with van der Waals surface area (Å²) < 4.78 is 15.4. The zero-order chi connectivity index (χ0) is 18.9. The van der Waals surface area contributed by atoms with Crippen molar-refractivity contribution in [1.82, 2.24) is 0 Å². The molecule has 0 radical (unpaired) electrons. The largest absolute Gasteiger partial charge is 0.497 e. The van der Waals surface area contributed by atoms with Gasteiger partial charge in [-0.1, -0.05) is 6.07 Å². The fourth-order valence-corrected chi connectivity index (χ4v) is 2.01. The monoisotopic (exact) mass is 357 g/mol. The number of anilines is 1. The van der Waals surface area contributed by atoms with Crippen molar-refractivity contribution in [2.45, 2.75) is 13.0 Å². The average molecular weight is 357 g/mol. The predicted molar refractivity (Wildman–Crippen MR) is 94.5 cm³/mol. The van der Waals surface area contributed by atoms with Gasteiger partial charge in [-0.2, -0.15) is 0 Å². The first-order valence-electron chi connectivity index (χ1n) is 7.84. The van der Waals surface area contributed by atoms with Gasteiger partial charge >= 0.3 is 5.97 Å². The van der Waals surface area contributed by atoms with Crippen molar-refractivity contribution in [3.63, 3.8) is 0 Å². The van der Waals surface area contributed by atoms with Gasteiger partial charge in [-0.15, -0.1) is 0 Å². The number of hydrogen-bond acceptors (Lipinski definition) is 6. The highest BCUT2D eigenvalue weighted by Crippen LogP contribution is 2.17. The van der Waals surface area contributed by atoms with Gasteiger partial charge in [0, 0.05) is 17.3 Å². The highest BCUT2D eigenvalue weighted by Gasteiger charge is 2.18. The molecule has 1 amide bonds. The Kier molecular flexibility index (Phi) is 6.73. The van der Waals surface area contributed by atoms with Gasteiger partial charge in [-0.3, -0.25) is 9.59 Å². The molecule has 1 N–H and O–H groups in total. The number of benzene rings is 2. The standard InChI is InChI=1S/C19H19NO6/c1-13(19(23)20-15-4-3-5-17(10-15)24-2)26-18(22)12-25-16-8-6-14(11-21)7-9-16/h3-11,13H,12H2,1-2H3,(H,20,23)/t13-/m0/s1. The summed E-state index contributed by atoms with van der Waals surface area (Å²) in [5.41, 5.74) is 1.03. The maximum atomic E-state index is 12.1. The minimum Gasteiger partial charge on any atom is -0.497 e. The molecule has 2 rings (SSSR count). The van der Waals surface area contributed by atoms with E-state index in [0.29, 0.717) is 29.0 Å². The second-order valence-corrected chi connectivity index (χ2v) is 5.33. The quantitative estimate of drug-likeness (QED) is 0.576. The summed E-state index contributed by atoms with van der Waals surface area (Å²) in [4.78, 5) is 34.5. The lowest BCUT2D eigenvalue weighted by molar-refractivity contribution is -0.155. The van der Waals surface area contributed by atoms with E-state index in [9.17, 15) is 14.4 Å². The number of carbonyl (C=O) groups is 3. The van der Waals surface area contributed by atoms with E-state index in [1.54, 1.807) is 48.5 Å². The number of aldehydes is 1. The minimum absolute atomic E-state index is 0.350. The number of amides is 1.